The van der Waals surface area contributed by atoms with Crippen LogP contribution in [-0.2, 0) is 9.47 Å². The summed E-state index contributed by atoms with van der Waals surface area (Å²) in [6.07, 6.45) is 1.38. The molecule has 0 fully saturated rings. The SMILES string of the molecule is CC(C)(OCCNCCC#N)OCCN(CCC#N)CCC#N. The molecule has 0 saturated heterocycles. The van der Waals surface area contributed by atoms with Crippen molar-refractivity contribution in [1.82, 2.24) is 10.2 Å². The number of hydrogen-bond acceptors (Lipinski definition) is 7. The predicted octanol–water partition coefficient (Wildman–Crippen LogP) is 1.39. The zero-order valence-corrected chi connectivity index (χ0v) is 14.2. The zero-order valence-electron chi connectivity index (χ0n) is 14.2. The van der Waals surface area contributed by atoms with Crippen LogP contribution < -0.4 is 5.32 Å². The largest absolute Gasteiger partial charge is 0.349 e. The average molecular weight is 321 g/mol. The Balaban J connectivity index is 3.89. The van der Waals surface area contributed by atoms with Crippen molar-refractivity contribution in [2.75, 3.05) is 45.9 Å². The maximum absolute atomic E-state index is 8.65. The van der Waals surface area contributed by atoms with Crippen molar-refractivity contribution in [2.45, 2.75) is 38.9 Å². The van der Waals surface area contributed by atoms with Crippen LogP contribution in [0.2, 0.25) is 0 Å². The minimum Gasteiger partial charge on any atom is -0.349 e. The second-order valence-corrected chi connectivity index (χ2v) is 5.41. The summed E-state index contributed by atoms with van der Waals surface area (Å²) in [6, 6.07) is 6.30. The molecule has 7 nitrogen and oxygen atoms in total. The van der Waals surface area contributed by atoms with E-state index in [0.717, 1.165) is 0 Å². The first-order chi connectivity index (χ1) is 11.1. The Labute approximate surface area is 139 Å². The maximum Gasteiger partial charge on any atom is 0.162 e. The maximum atomic E-state index is 8.65. The van der Waals surface area contributed by atoms with Gasteiger partial charge in [0.05, 0.1) is 31.4 Å². The van der Waals surface area contributed by atoms with Gasteiger partial charge in [-0.15, -0.1) is 0 Å². The summed E-state index contributed by atoms with van der Waals surface area (Å²) in [7, 11) is 0. The molecule has 0 aromatic carbocycles. The van der Waals surface area contributed by atoms with E-state index in [1.165, 1.54) is 0 Å². The summed E-state index contributed by atoms with van der Waals surface area (Å²) in [4.78, 5) is 2.05. The lowest BCUT2D eigenvalue weighted by Gasteiger charge is -2.28. The van der Waals surface area contributed by atoms with Gasteiger partial charge < -0.3 is 14.8 Å². The van der Waals surface area contributed by atoms with Crippen LogP contribution in [0.3, 0.4) is 0 Å². The first-order valence-electron chi connectivity index (χ1n) is 7.87. The number of hydrogen-bond donors (Lipinski definition) is 1. The number of ether oxygens (including phenoxy) is 2. The van der Waals surface area contributed by atoms with Crippen molar-refractivity contribution in [3.63, 3.8) is 0 Å². The first kappa shape index (κ1) is 21.3. The zero-order chi connectivity index (χ0) is 17.4. The van der Waals surface area contributed by atoms with Crippen LogP contribution in [0, 0.1) is 34.0 Å². The Morgan fingerprint density at radius 2 is 1.39 bits per heavy atom. The van der Waals surface area contributed by atoms with Gasteiger partial charge in [0, 0.05) is 52.0 Å². The van der Waals surface area contributed by atoms with E-state index in [2.05, 4.69) is 23.5 Å². The number of rotatable bonds is 14. The topological polar surface area (TPSA) is 105 Å². The van der Waals surface area contributed by atoms with E-state index in [1.54, 1.807) is 0 Å². The molecule has 0 aromatic heterocycles. The Kier molecular flexibility index (Phi) is 12.9. The molecule has 7 heteroatoms. The second kappa shape index (κ2) is 13.9. The third-order valence-electron chi connectivity index (χ3n) is 3.08. The molecule has 0 spiro atoms. The summed E-state index contributed by atoms with van der Waals surface area (Å²) in [5.41, 5.74) is 0. The highest BCUT2D eigenvalue weighted by molar-refractivity contribution is 4.76. The van der Waals surface area contributed by atoms with Gasteiger partial charge in [0.2, 0.25) is 0 Å². The molecule has 0 amide bonds. The molecule has 0 aliphatic heterocycles. The van der Waals surface area contributed by atoms with Gasteiger partial charge in [-0.05, 0) is 13.8 Å². The van der Waals surface area contributed by atoms with Crippen molar-refractivity contribution >= 4 is 0 Å². The first-order valence-corrected chi connectivity index (χ1v) is 7.87. The van der Waals surface area contributed by atoms with Crippen molar-refractivity contribution in [2.24, 2.45) is 0 Å². The van der Waals surface area contributed by atoms with E-state index in [1.807, 2.05) is 18.7 Å². The smallest absolute Gasteiger partial charge is 0.162 e. The van der Waals surface area contributed by atoms with Crippen LogP contribution in [0.1, 0.15) is 33.1 Å². The van der Waals surface area contributed by atoms with E-state index in [-0.39, 0.29) is 0 Å². The van der Waals surface area contributed by atoms with Crippen LogP contribution in [-0.4, -0.2) is 56.6 Å². The minimum atomic E-state index is -0.687. The third-order valence-corrected chi connectivity index (χ3v) is 3.08. The monoisotopic (exact) mass is 321 g/mol. The molecule has 0 heterocycles. The summed E-state index contributed by atoms with van der Waals surface area (Å²) < 4.78 is 11.4. The van der Waals surface area contributed by atoms with Gasteiger partial charge in [0.1, 0.15) is 0 Å². The summed E-state index contributed by atoms with van der Waals surface area (Å²) in [6.45, 7) is 7.98. The molecular formula is C16H27N5O2. The molecule has 0 aliphatic rings. The number of nitriles is 3. The molecule has 0 rings (SSSR count). The Hall–Kier alpha value is -1.69. The van der Waals surface area contributed by atoms with Gasteiger partial charge >= 0.3 is 0 Å². The minimum absolute atomic E-state index is 0.444. The molecule has 0 unspecified atom stereocenters. The van der Waals surface area contributed by atoms with E-state index in [0.29, 0.717) is 65.2 Å². The predicted molar refractivity (Wildman–Crippen MR) is 86.0 cm³/mol. The van der Waals surface area contributed by atoms with Crippen LogP contribution >= 0.6 is 0 Å². The van der Waals surface area contributed by atoms with Gasteiger partial charge in [-0.3, -0.25) is 4.90 Å². The fourth-order valence-electron chi connectivity index (χ4n) is 1.85. The van der Waals surface area contributed by atoms with E-state index in [4.69, 9.17) is 25.3 Å². The van der Waals surface area contributed by atoms with Crippen molar-refractivity contribution in [3.05, 3.63) is 0 Å². The normalized spacial score (nSPS) is 11.0. The molecule has 128 valence electrons. The molecule has 0 saturated carbocycles. The van der Waals surface area contributed by atoms with Crippen molar-refractivity contribution in [1.29, 1.82) is 15.8 Å². The standard InChI is InChI=1S/C16H27N5O2/c1-16(2,22-14-10-20-9-3-6-17)23-15-13-21(11-4-7-18)12-5-8-19/h20H,3-5,9-15H2,1-2H3. The van der Waals surface area contributed by atoms with Crippen LogP contribution in [0.15, 0.2) is 0 Å². The molecule has 0 bridgehead atoms. The molecular weight excluding hydrogens is 294 g/mol. The summed E-state index contributed by atoms with van der Waals surface area (Å²) in [5, 5.41) is 28.8. The highest BCUT2D eigenvalue weighted by atomic mass is 16.7. The van der Waals surface area contributed by atoms with E-state index < -0.39 is 5.79 Å². The van der Waals surface area contributed by atoms with E-state index >= 15 is 0 Å². The van der Waals surface area contributed by atoms with Gasteiger partial charge in [-0.1, -0.05) is 0 Å². The van der Waals surface area contributed by atoms with Crippen molar-refractivity contribution < 1.29 is 9.47 Å². The molecule has 1 N–H and O–H groups in total. The Morgan fingerprint density at radius 1 is 0.826 bits per heavy atom. The Bertz CT molecular complexity index is 402. The van der Waals surface area contributed by atoms with Crippen LogP contribution in [0.5, 0.6) is 0 Å². The van der Waals surface area contributed by atoms with Gasteiger partial charge in [-0.2, -0.15) is 15.8 Å². The highest BCUT2D eigenvalue weighted by Crippen LogP contribution is 2.10. The molecule has 0 radical (unpaired) electrons. The number of nitrogens with zero attached hydrogens (tertiary/aromatic N) is 4. The Morgan fingerprint density at radius 3 is 1.96 bits per heavy atom. The van der Waals surface area contributed by atoms with Crippen LogP contribution in [0.4, 0.5) is 0 Å². The van der Waals surface area contributed by atoms with Gasteiger partial charge in [-0.25, -0.2) is 0 Å². The fraction of sp³-hybridized carbons (Fsp3) is 0.812. The quantitative estimate of drug-likeness (QED) is 0.380. The average Bonchev–Trinajstić information content (AvgIpc) is 2.52. The second-order valence-electron chi connectivity index (χ2n) is 5.41. The van der Waals surface area contributed by atoms with Gasteiger partial charge in [0.25, 0.3) is 0 Å². The lowest BCUT2D eigenvalue weighted by molar-refractivity contribution is -0.213. The van der Waals surface area contributed by atoms with Crippen molar-refractivity contribution in [3.8, 4) is 18.2 Å². The lowest BCUT2D eigenvalue weighted by atomic mass is 10.3. The molecule has 0 aliphatic carbocycles. The highest BCUT2D eigenvalue weighted by Gasteiger charge is 2.18. The lowest BCUT2D eigenvalue weighted by Crippen LogP contribution is -2.36. The molecule has 0 atom stereocenters. The molecule has 0 aromatic rings. The van der Waals surface area contributed by atoms with E-state index in [9.17, 15) is 0 Å². The van der Waals surface area contributed by atoms with Gasteiger partial charge in [0.15, 0.2) is 5.79 Å². The number of nitrogens with one attached hydrogen (secondary N) is 1. The third kappa shape index (κ3) is 13.7. The summed E-state index contributed by atoms with van der Waals surface area (Å²) in [5.74, 6) is -0.687. The summed E-state index contributed by atoms with van der Waals surface area (Å²) >= 11 is 0. The fourth-order valence-corrected chi connectivity index (χ4v) is 1.85. The van der Waals surface area contributed by atoms with Crippen LogP contribution in [0.25, 0.3) is 0 Å². The molecule has 23 heavy (non-hydrogen) atoms.